The molecular weight excluding hydrogens is 616 g/mol. The van der Waals surface area contributed by atoms with Crippen LogP contribution in [0.1, 0.15) is 112 Å². The Bertz CT molecular complexity index is 953. The van der Waals surface area contributed by atoms with Crippen molar-refractivity contribution >= 4 is 5.97 Å². The van der Waals surface area contributed by atoms with Gasteiger partial charge in [0, 0.05) is 46.7 Å². The molecule has 1 aliphatic carbocycles. The van der Waals surface area contributed by atoms with Gasteiger partial charge in [0.15, 0.2) is 0 Å². The minimum absolute atomic E-state index is 0.00652. The molecule has 0 aliphatic heterocycles. The Morgan fingerprint density at radius 1 is 0.854 bits per heavy atom. The number of hydrogen-bond acceptors (Lipinski definition) is 10. The normalized spacial score (nSPS) is 20.6. The van der Waals surface area contributed by atoms with E-state index in [1.54, 1.807) is 13.8 Å². The summed E-state index contributed by atoms with van der Waals surface area (Å²) in [6, 6.07) is 10.1. The number of aryl methyl sites for hydroxylation is 1. The Hall–Kier alpha value is -1.89. The van der Waals surface area contributed by atoms with Crippen LogP contribution in [0.4, 0.5) is 0 Å². The molecular formula is C38H66O10. The first kappa shape index (κ1) is 44.1. The molecule has 1 aromatic carbocycles. The lowest BCUT2D eigenvalue weighted by atomic mass is 9.85. The summed E-state index contributed by atoms with van der Waals surface area (Å²) >= 11 is 0. The van der Waals surface area contributed by atoms with E-state index in [9.17, 15) is 20.1 Å². The molecule has 0 amide bonds. The predicted octanol–water partition coefficient (Wildman–Crippen LogP) is 6.68. The van der Waals surface area contributed by atoms with E-state index in [4.69, 9.17) is 28.4 Å². The van der Waals surface area contributed by atoms with Gasteiger partial charge in [-0.1, -0.05) is 42.5 Å². The van der Waals surface area contributed by atoms with Crippen LogP contribution in [-0.4, -0.2) is 84.1 Å². The van der Waals surface area contributed by atoms with Crippen LogP contribution in [0.25, 0.3) is 0 Å². The Morgan fingerprint density at radius 2 is 1.40 bits per heavy atom. The number of hydrogen-bond donors (Lipinski definition) is 3. The SMILES string of the molecule is CC(C)OC(=O)CCC/C=C\C[C@@H]1[C@@H](CC[C@@H](O)CCc2ccccc2)[C@H](O)C[C@@H]1O.CCOC(C)(OCC)OC(C)(OCC)OCC. The summed E-state index contributed by atoms with van der Waals surface area (Å²) in [5.74, 6) is -2.47. The van der Waals surface area contributed by atoms with Crippen molar-refractivity contribution < 1.29 is 48.5 Å². The number of esters is 1. The van der Waals surface area contributed by atoms with Gasteiger partial charge in [0.2, 0.25) is 0 Å². The summed E-state index contributed by atoms with van der Waals surface area (Å²) in [6.45, 7) is 16.5. The number of rotatable bonds is 23. The van der Waals surface area contributed by atoms with E-state index in [2.05, 4.69) is 18.2 Å². The third-order valence-electron chi connectivity index (χ3n) is 8.15. The van der Waals surface area contributed by atoms with E-state index in [-0.39, 0.29) is 23.9 Å². The quantitative estimate of drug-likeness (QED) is 0.0497. The van der Waals surface area contributed by atoms with E-state index in [0.717, 1.165) is 19.3 Å². The summed E-state index contributed by atoms with van der Waals surface area (Å²) < 4.78 is 32.6. The fourth-order valence-electron chi connectivity index (χ4n) is 6.06. The van der Waals surface area contributed by atoms with E-state index in [1.807, 2.05) is 65.8 Å². The Kier molecular flexibility index (Phi) is 22.3. The van der Waals surface area contributed by atoms with Gasteiger partial charge in [-0.25, -0.2) is 0 Å². The number of carbonyl (C=O) groups is 1. The zero-order chi connectivity index (χ0) is 36.0. The van der Waals surface area contributed by atoms with E-state index >= 15 is 0 Å². The summed E-state index contributed by atoms with van der Waals surface area (Å²) in [5.41, 5.74) is 1.22. The number of benzene rings is 1. The molecule has 278 valence electrons. The molecule has 1 fully saturated rings. The van der Waals surface area contributed by atoms with Crippen molar-refractivity contribution in [3.8, 4) is 0 Å². The molecule has 5 atom stereocenters. The minimum atomic E-state index is -1.16. The first-order valence-corrected chi connectivity index (χ1v) is 18.0. The maximum absolute atomic E-state index is 11.5. The fraction of sp³-hybridized carbons (Fsp3) is 0.763. The molecule has 1 aromatic rings. The molecule has 0 spiro atoms. The second-order valence-electron chi connectivity index (χ2n) is 12.7. The van der Waals surface area contributed by atoms with Gasteiger partial charge < -0.3 is 39.0 Å². The molecule has 1 saturated carbocycles. The van der Waals surface area contributed by atoms with Gasteiger partial charge in [0.05, 0.1) is 24.4 Å². The third kappa shape index (κ3) is 18.2. The van der Waals surface area contributed by atoms with Crippen molar-refractivity contribution in [3.05, 3.63) is 48.0 Å². The summed E-state index contributed by atoms with van der Waals surface area (Å²) in [4.78, 5) is 11.5. The topological polar surface area (TPSA) is 133 Å². The molecule has 10 nitrogen and oxygen atoms in total. The zero-order valence-electron chi connectivity index (χ0n) is 30.9. The second-order valence-corrected chi connectivity index (χ2v) is 12.7. The number of aliphatic hydroxyl groups is 3. The molecule has 0 unspecified atom stereocenters. The number of aliphatic hydroxyl groups excluding tert-OH is 3. The Balaban J connectivity index is 0.000000576. The average molecular weight is 683 g/mol. The van der Waals surface area contributed by atoms with Crippen molar-refractivity contribution in [3.63, 3.8) is 0 Å². The highest BCUT2D eigenvalue weighted by Gasteiger charge is 2.41. The first-order chi connectivity index (χ1) is 22.8. The molecule has 0 bridgehead atoms. The van der Waals surface area contributed by atoms with Crippen LogP contribution in [0.5, 0.6) is 0 Å². The third-order valence-corrected chi connectivity index (χ3v) is 8.15. The predicted molar refractivity (Wildman–Crippen MR) is 187 cm³/mol. The van der Waals surface area contributed by atoms with Crippen LogP contribution in [-0.2, 0) is 39.6 Å². The highest BCUT2D eigenvalue weighted by Crippen LogP contribution is 2.38. The Morgan fingerprint density at radius 3 is 1.92 bits per heavy atom. The number of unbranched alkanes of at least 4 members (excludes halogenated alkanes) is 1. The smallest absolute Gasteiger partial charge is 0.306 e. The molecule has 2 rings (SSSR count). The molecule has 10 heteroatoms. The highest BCUT2D eigenvalue weighted by molar-refractivity contribution is 5.69. The summed E-state index contributed by atoms with van der Waals surface area (Å²) in [5, 5.41) is 31.2. The second kappa shape index (κ2) is 24.3. The number of ether oxygens (including phenoxy) is 6. The number of allylic oxidation sites excluding steroid dienone is 2. The zero-order valence-corrected chi connectivity index (χ0v) is 30.9. The van der Waals surface area contributed by atoms with Gasteiger partial charge in [-0.2, -0.15) is 0 Å². The van der Waals surface area contributed by atoms with Crippen LogP contribution in [0.15, 0.2) is 42.5 Å². The minimum Gasteiger partial charge on any atom is -0.463 e. The lowest BCUT2D eigenvalue weighted by molar-refractivity contribution is -0.490. The summed E-state index contributed by atoms with van der Waals surface area (Å²) in [6.07, 6.45) is 8.58. The highest BCUT2D eigenvalue weighted by atomic mass is 17.0. The number of carbonyl (C=O) groups excluding carboxylic acids is 1. The van der Waals surface area contributed by atoms with Crippen LogP contribution in [0.3, 0.4) is 0 Å². The van der Waals surface area contributed by atoms with E-state index < -0.39 is 30.3 Å². The molecule has 0 heterocycles. The standard InChI is InChI=1S/C26H40O5.C12H26O5/c1-19(2)31-26(30)13-9-4-3-8-12-22-23(25(29)18-24(22)28)17-16-21(27)15-14-20-10-6-5-7-11-20;1-7-13-11(5,14-8-2)17-12(6,15-9-3)16-10-4/h3,5-8,10-11,19,21-25,27-29H,4,9,12-18H2,1-2H3;7-10H2,1-6H3/b8-3-;/t21-,22+,23+,24-,25+;/m0./s1. The van der Waals surface area contributed by atoms with Gasteiger partial charge in [-0.05, 0) is 110 Å². The van der Waals surface area contributed by atoms with Gasteiger partial charge in [-0.15, -0.1) is 0 Å². The van der Waals surface area contributed by atoms with Gasteiger partial charge >= 0.3 is 5.97 Å². The Labute approximate surface area is 290 Å². The van der Waals surface area contributed by atoms with Crippen LogP contribution < -0.4 is 0 Å². The van der Waals surface area contributed by atoms with Gasteiger partial charge in [-0.3, -0.25) is 9.53 Å². The van der Waals surface area contributed by atoms with Crippen molar-refractivity contribution in [1.29, 1.82) is 0 Å². The van der Waals surface area contributed by atoms with Crippen LogP contribution in [0.2, 0.25) is 0 Å². The van der Waals surface area contributed by atoms with Crippen molar-refractivity contribution in [1.82, 2.24) is 0 Å². The fourth-order valence-corrected chi connectivity index (χ4v) is 6.06. The van der Waals surface area contributed by atoms with Crippen molar-refractivity contribution in [2.24, 2.45) is 11.8 Å². The van der Waals surface area contributed by atoms with E-state index in [1.165, 1.54) is 5.56 Å². The molecule has 3 N–H and O–H groups in total. The molecule has 0 radical (unpaired) electrons. The lowest BCUT2D eigenvalue weighted by Crippen LogP contribution is -2.48. The first-order valence-electron chi connectivity index (χ1n) is 18.0. The molecule has 0 saturated heterocycles. The van der Waals surface area contributed by atoms with Crippen molar-refractivity contribution in [2.75, 3.05) is 26.4 Å². The van der Waals surface area contributed by atoms with E-state index in [0.29, 0.717) is 65.0 Å². The summed E-state index contributed by atoms with van der Waals surface area (Å²) in [7, 11) is 0. The van der Waals surface area contributed by atoms with Gasteiger partial charge in [0.1, 0.15) is 0 Å². The average Bonchev–Trinajstić information content (AvgIpc) is 3.28. The van der Waals surface area contributed by atoms with Gasteiger partial charge in [0.25, 0.3) is 11.9 Å². The maximum atomic E-state index is 11.5. The van der Waals surface area contributed by atoms with Crippen LogP contribution in [0, 0.1) is 11.8 Å². The monoisotopic (exact) mass is 682 g/mol. The molecule has 1 aliphatic rings. The molecule has 48 heavy (non-hydrogen) atoms. The van der Waals surface area contributed by atoms with Crippen LogP contribution >= 0.6 is 0 Å². The van der Waals surface area contributed by atoms with Crippen molar-refractivity contribution in [2.45, 2.75) is 150 Å². The maximum Gasteiger partial charge on any atom is 0.306 e. The molecule has 0 aromatic heterocycles. The lowest BCUT2D eigenvalue weighted by Gasteiger charge is -2.37. The largest absolute Gasteiger partial charge is 0.463 e.